The van der Waals surface area contributed by atoms with Crippen molar-refractivity contribution < 1.29 is 13.2 Å². The molecule has 1 heterocycles. The second-order valence-corrected chi connectivity index (χ2v) is 6.82. The number of anilines is 1. The SMILES string of the molecule is Cc1cc(N)cc(S(=O)(=O)NC2COc3ccccc32)c1. The van der Waals surface area contributed by atoms with Crippen LogP contribution in [0.4, 0.5) is 5.69 Å². The highest BCUT2D eigenvalue weighted by atomic mass is 32.2. The van der Waals surface area contributed by atoms with E-state index in [1.807, 2.05) is 31.2 Å². The highest BCUT2D eigenvalue weighted by molar-refractivity contribution is 7.89. The van der Waals surface area contributed by atoms with Gasteiger partial charge in [0.05, 0.1) is 10.9 Å². The van der Waals surface area contributed by atoms with Crippen LogP contribution in [-0.4, -0.2) is 15.0 Å². The third-order valence-electron chi connectivity index (χ3n) is 3.38. The minimum atomic E-state index is -3.64. The molecule has 3 rings (SSSR count). The smallest absolute Gasteiger partial charge is 0.241 e. The van der Waals surface area contributed by atoms with E-state index in [2.05, 4.69) is 4.72 Å². The largest absolute Gasteiger partial charge is 0.491 e. The molecule has 0 spiro atoms. The first-order valence-corrected chi connectivity index (χ1v) is 8.05. The van der Waals surface area contributed by atoms with Crippen molar-refractivity contribution in [1.82, 2.24) is 4.72 Å². The molecule has 1 unspecified atom stereocenters. The Hall–Kier alpha value is -2.05. The van der Waals surface area contributed by atoms with Gasteiger partial charge in [-0.3, -0.25) is 0 Å². The first-order chi connectivity index (χ1) is 9.95. The van der Waals surface area contributed by atoms with E-state index in [1.165, 1.54) is 6.07 Å². The highest BCUT2D eigenvalue weighted by Gasteiger charge is 2.28. The third kappa shape index (κ3) is 2.72. The number of nitrogens with one attached hydrogen (secondary N) is 1. The van der Waals surface area contributed by atoms with Crippen LogP contribution in [0, 0.1) is 6.92 Å². The van der Waals surface area contributed by atoms with E-state index in [1.54, 1.807) is 12.1 Å². The lowest BCUT2D eigenvalue weighted by atomic mass is 10.1. The monoisotopic (exact) mass is 304 g/mol. The van der Waals surface area contributed by atoms with Gasteiger partial charge in [0.2, 0.25) is 10.0 Å². The molecule has 1 aliphatic heterocycles. The van der Waals surface area contributed by atoms with Crippen molar-refractivity contribution in [3.05, 3.63) is 53.6 Å². The summed E-state index contributed by atoms with van der Waals surface area (Å²) in [5.41, 5.74) is 7.81. The number of nitrogen functional groups attached to an aromatic ring is 1. The Morgan fingerprint density at radius 3 is 2.76 bits per heavy atom. The summed E-state index contributed by atoms with van der Waals surface area (Å²) in [6, 6.07) is 11.8. The van der Waals surface area contributed by atoms with E-state index in [0.29, 0.717) is 18.0 Å². The summed E-state index contributed by atoms with van der Waals surface area (Å²) in [5, 5.41) is 0. The standard InChI is InChI=1S/C15H16N2O3S/c1-10-6-11(16)8-12(7-10)21(18,19)17-14-9-20-15-5-3-2-4-13(14)15/h2-8,14,17H,9,16H2,1H3. The zero-order valence-corrected chi connectivity index (χ0v) is 12.4. The van der Waals surface area contributed by atoms with Gasteiger partial charge in [0.25, 0.3) is 0 Å². The Morgan fingerprint density at radius 2 is 2.00 bits per heavy atom. The number of hydrogen-bond acceptors (Lipinski definition) is 4. The van der Waals surface area contributed by atoms with Crippen LogP contribution >= 0.6 is 0 Å². The van der Waals surface area contributed by atoms with E-state index in [9.17, 15) is 8.42 Å². The molecule has 0 fully saturated rings. The fourth-order valence-electron chi connectivity index (χ4n) is 2.45. The number of fused-ring (bicyclic) bond motifs is 1. The molecule has 110 valence electrons. The molecule has 6 heteroatoms. The summed E-state index contributed by atoms with van der Waals surface area (Å²) in [7, 11) is -3.64. The van der Waals surface area contributed by atoms with Gasteiger partial charge < -0.3 is 10.5 Å². The quantitative estimate of drug-likeness (QED) is 0.850. The number of benzene rings is 2. The van der Waals surface area contributed by atoms with Gasteiger partial charge in [-0.15, -0.1) is 0 Å². The summed E-state index contributed by atoms with van der Waals surface area (Å²) >= 11 is 0. The molecule has 0 bridgehead atoms. The van der Waals surface area contributed by atoms with E-state index in [0.717, 1.165) is 11.1 Å². The van der Waals surface area contributed by atoms with Gasteiger partial charge in [-0.05, 0) is 36.8 Å². The fraction of sp³-hybridized carbons (Fsp3) is 0.200. The maximum Gasteiger partial charge on any atom is 0.241 e. The average Bonchev–Trinajstić information content (AvgIpc) is 2.81. The Kier molecular flexibility index (Phi) is 3.35. The predicted molar refractivity (Wildman–Crippen MR) is 80.6 cm³/mol. The van der Waals surface area contributed by atoms with Crippen LogP contribution in [-0.2, 0) is 10.0 Å². The molecule has 0 amide bonds. The second kappa shape index (κ2) is 5.05. The third-order valence-corrected chi connectivity index (χ3v) is 4.83. The highest BCUT2D eigenvalue weighted by Crippen LogP contribution is 2.32. The van der Waals surface area contributed by atoms with Crippen LogP contribution in [0.3, 0.4) is 0 Å². The van der Waals surface area contributed by atoms with Gasteiger partial charge in [-0.2, -0.15) is 0 Å². The van der Waals surface area contributed by atoms with Crippen molar-refractivity contribution in [2.75, 3.05) is 12.3 Å². The Balaban J connectivity index is 1.91. The first-order valence-electron chi connectivity index (χ1n) is 6.57. The van der Waals surface area contributed by atoms with Crippen LogP contribution in [0.1, 0.15) is 17.2 Å². The predicted octanol–water partition coefficient (Wildman–Crippen LogP) is 1.99. The van der Waals surface area contributed by atoms with Crippen molar-refractivity contribution in [2.24, 2.45) is 0 Å². The van der Waals surface area contributed by atoms with Gasteiger partial charge >= 0.3 is 0 Å². The molecule has 2 aromatic carbocycles. The number of nitrogens with two attached hydrogens (primary N) is 1. The van der Waals surface area contributed by atoms with Crippen LogP contribution < -0.4 is 15.2 Å². The van der Waals surface area contributed by atoms with E-state index >= 15 is 0 Å². The first kappa shape index (κ1) is 13.9. The zero-order chi connectivity index (χ0) is 15.0. The molecular weight excluding hydrogens is 288 g/mol. The molecule has 21 heavy (non-hydrogen) atoms. The van der Waals surface area contributed by atoms with Crippen LogP contribution in [0.15, 0.2) is 47.4 Å². The van der Waals surface area contributed by atoms with Gasteiger partial charge in [-0.25, -0.2) is 13.1 Å². The summed E-state index contributed by atoms with van der Waals surface area (Å²) in [6.45, 7) is 2.10. The molecule has 0 saturated heterocycles. The minimum absolute atomic E-state index is 0.171. The van der Waals surface area contributed by atoms with Gasteiger partial charge in [-0.1, -0.05) is 18.2 Å². The molecular formula is C15H16N2O3S. The summed E-state index contributed by atoms with van der Waals surface area (Å²) < 4.78 is 33.1. The van der Waals surface area contributed by atoms with Crippen molar-refractivity contribution in [3.63, 3.8) is 0 Å². The molecule has 3 N–H and O–H groups in total. The van der Waals surface area contributed by atoms with Crippen LogP contribution in [0.2, 0.25) is 0 Å². The zero-order valence-electron chi connectivity index (χ0n) is 11.5. The number of rotatable bonds is 3. The molecule has 2 aromatic rings. The lowest BCUT2D eigenvalue weighted by molar-refractivity contribution is 0.325. The maximum atomic E-state index is 12.5. The molecule has 1 aliphatic rings. The number of hydrogen-bond donors (Lipinski definition) is 2. The topological polar surface area (TPSA) is 81.4 Å². The van der Waals surface area contributed by atoms with Gasteiger partial charge in [0.15, 0.2) is 0 Å². The van der Waals surface area contributed by atoms with Gasteiger partial charge in [0, 0.05) is 11.3 Å². The normalized spacial score (nSPS) is 17.3. The molecule has 0 saturated carbocycles. The lowest BCUT2D eigenvalue weighted by Gasteiger charge is -2.13. The van der Waals surface area contributed by atoms with Crippen molar-refractivity contribution in [2.45, 2.75) is 17.9 Å². The minimum Gasteiger partial charge on any atom is -0.491 e. The Bertz CT molecular complexity index is 767. The van der Waals surface area contributed by atoms with E-state index < -0.39 is 10.0 Å². The number of para-hydroxylation sites is 1. The lowest BCUT2D eigenvalue weighted by Crippen LogP contribution is -2.29. The van der Waals surface area contributed by atoms with E-state index in [-0.39, 0.29) is 10.9 Å². The Labute approximate surface area is 123 Å². The number of sulfonamides is 1. The van der Waals surface area contributed by atoms with Crippen molar-refractivity contribution >= 4 is 15.7 Å². The number of aryl methyl sites for hydroxylation is 1. The Morgan fingerprint density at radius 1 is 1.24 bits per heavy atom. The molecule has 0 aromatic heterocycles. The summed E-state index contributed by atoms with van der Waals surface area (Å²) in [6.07, 6.45) is 0. The van der Waals surface area contributed by atoms with Gasteiger partial charge in [0.1, 0.15) is 12.4 Å². The van der Waals surface area contributed by atoms with Crippen LogP contribution in [0.25, 0.3) is 0 Å². The fourth-order valence-corrected chi connectivity index (χ4v) is 3.79. The van der Waals surface area contributed by atoms with E-state index in [4.69, 9.17) is 10.5 Å². The second-order valence-electron chi connectivity index (χ2n) is 5.10. The average molecular weight is 304 g/mol. The molecule has 0 radical (unpaired) electrons. The molecule has 1 atom stereocenters. The molecule has 0 aliphatic carbocycles. The summed E-state index contributed by atoms with van der Waals surface area (Å²) in [4.78, 5) is 0.171. The molecule has 5 nitrogen and oxygen atoms in total. The number of ether oxygens (including phenoxy) is 1. The van der Waals surface area contributed by atoms with Crippen molar-refractivity contribution in [1.29, 1.82) is 0 Å². The van der Waals surface area contributed by atoms with Crippen LogP contribution in [0.5, 0.6) is 5.75 Å². The maximum absolute atomic E-state index is 12.5. The summed E-state index contributed by atoms with van der Waals surface area (Å²) in [5.74, 6) is 0.717. The van der Waals surface area contributed by atoms with Crippen molar-refractivity contribution in [3.8, 4) is 5.75 Å².